The molecule has 2 amide bonds. The van der Waals surface area contributed by atoms with Crippen LogP contribution >= 0.6 is 0 Å². The number of aliphatic carboxylic acids is 1. The van der Waals surface area contributed by atoms with Gasteiger partial charge in [-0.2, -0.15) is 0 Å². The third-order valence-electron chi connectivity index (χ3n) is 5.90. The molecule has 4 N–H and O–H groups in total. The summed E-state index contributed by atoms with van der Waals surface area (Å²) in [6, 6.07) is 0.0364. The van der Waals surface area contributed by atoms with E-state index in [2.05, 4.69) is 10.6 Å². The fourth-order valence-electron chi connectivity index (χ4n) is 3.86. The summed E-state index contributed by atoms with van der Waals surface area (Å²) in [6.07, 6.45) is 4.20. The minimum absolute atomic E-state index is 0.0438. The zero-order valence-corrected chi connectivity index (χ0v) is 15.0. The van der Waals surface area contributed by atoms with Crippen molar-refractivity contribution < 1.29 is 19.8 Å². The molecule has 24 heavy (non-hydrogen) atoms. The van der Waals surface area contributed by atoms with E-state index in [1.54, 1.807) is 0 Å². The number of carbonyl (C=O) groups excluding carboxylic acids is 1. The minimum atomic E-state index is -0.840. The first-order valence-electron chi connectivity index (χ1n) is 8.89. The summed E-state index contributed by atoms with van der Waals surface area (Å²) in [5.41, 5.74) is -1.02. The normalized spacial score (nSPS) is 31.5. The number of nitrogens with one attached hydrogen (secondary N) is 2. The van der Waals surface area contributed by atoms with Crippen LogP contribution < -0.4 is 10.6 Å². The second kappa shape index (κ2) is 7.27. The van der Waals surface area contributed by atoms with Crippen LogP contribution in [-0.2, 0) is 4.79 Å². The van der Waals surface area contributed by atoms with Crippen molar-refractivity contribution >= 4 is 12.0 Å². The number of nitrogens with zero attached hydrogens (tertiary/aromatic N) is 1. The number of likely N-dealkylation sites (N-methyl/N-ethyl adjacent to an activating group) is 1. The van der Waals surface area contributed by atoms with Crippen molar-refractivity contribution in [2.75, 3.05) is 19.6 Å². The molecule has 7 heteroatoms. The predicted molar refractivity (Wildman–Crippen MR) is 90.8 cm³/mol. The molecule has 0 bridgehead atoms. The SMILES string of the molecule is CCN(CC(=O)O)C1CC(NC(=O)NCC2(O)CCCC2(C)C)C1. The maximum absolute atomic E-state index is 12.0. The fourth-order valence-corrected chi connectivity index (χ4v) is 3.86. The Kier molecular flexibility index (Phi) is 5.75. The van der Waals surface area contributed by atoms with Gasteiger partial charge in [-0.3, -0.25) is 9.69 Å². The largest absolute Gasteiger partial charge is 0.480 e. The number of rotatable bonds is 7. The Morgan fingerprint density at radius 2 is 1.92 bits per heavy atom. The monoisotopic (exact) mass is 341 g/mol. The molecular formula is C17H31N3O4. The van der Waals surface area contributed by atoms with E-state index in [9.17, 15) is 14.7 Å². The van der Waals surface area contributed by atoms with Crippen LogP contribution in [0.2, 0.25) is 0 Å². The third-order valence-corrected chi connectivity index (χ3v) is 5.90. The Morgan fingerprint density at radius 1 is 1.25 bits per heavy atom. The third kappa shape index (κ3) is 4.19. The maximum atomic E-state index is 12.0. The molecule has 0 aliphatic heterocycles. The zero-order valence-electron chi connectivity index (χ0n) is 15.0. The second-order valence-corrected chi connectivity index (χ2v) is 7.88. The predicted octanol–water partition coefficient (Wildman–Crippen LogP) is 1.16. The van der Waals surface area contributed by atoms with Gasteiger partial charge in [0, 0.05) is 18.6 Å². The van der Waals surface area contributed by atoms with Crippen molar-refractivity contribution in [3.8, 4) is 0 Å². The molecule has 1 atom stereocenters. The number of aliphatic hydroxyl groups is 1. The lowest BCUT2D eigenvalue weighted by Gasteiger charge is -2.42. The summed E-state index contributed by atoms with van der Waals surface area (Å²) < 4.78 is 0. The number of amides is 2. The number of carboxylic acids is 1. The molecule has 7 nitrogen and oxygen atoms in total. The van der Waals surface area contributed by atoms with Crippen LogP contribution in [0.5, 0.6) is 0 Å². The summed E-state index contributed by atoms with van der Waals surface area (Å²) >= 11 is 0. The molecule has 2 aliphatic rings. The van der Waals surface area contributed by atoms with Crippen LogP contribution in [0, 0.1) is 5.41 Å². The van der Waals surface area contributed by atoms with Crippen molar-refractivity contribution in [3.05, 3.63) is 0 Å². The van der Waals surface area contributed by atoms with Gasteiger partial charge in [-0.1, -0.05) is 20.8 Å². The first-order chi connectivity index (χ1) is 11.2. The van der Waals surface area contributed by atoms with Gasteiger partial charge in [0.25, 0.3) is 0 Å². The Bertz CT molecular complexity index is 476. The Balaban J connectivity index is 1.70. The number of hydrogen-bond acceptors (Lipinski definition) is 4. The standard InChI is InChI=1S/C17H31N3O4/c1-4-20(10-14(21)22)13-8-12(9-13)19-15(23)18-11-17(24)7-5-6-16(17,2)3/h12-13,24H,4-11H2,1-3H3,(H,21,22)(H2,18,19,23). The second-order valence-electron chi connectivity index (χ2n) is 7.88. The Morgan fingerprint density at radius 3 is 2.42 bits per heavy atom. The van der Waals surface area contributed by atoms with Crippen LogP contribution in [0.1, 0.15) is 52.9 Å². The molecule has 0 aromatic rings. The number of carboxylic acid groups (broad SMARTS) is 1. The highest BCUT2D eigenvalue weighted by atomic mass is 16.4. The van der Waals surface area contributed by atoms with Gasteiger partial charge in [-0.05, 0) is 44.1 Å². The average molecular weight is 341 g/mol. The summed E-state index contributed by atoms with van der Waals surface area (Å²) in [5, 5.41) is 25.3. The van der Waals surface area contributed by atoms with E-state index < -0.39 is 11.6 Å². The van der Waals surface area contributed by atoms with E-state index in [0.29, 0.717) is 13.0 Å². The van der Waals surface area contributed by atoms with Crippen molar-refractivity contribution in [2.45, 2.75) is 70.6 Å². The maximum Gasteiger partial charge on any atom is 0.317 e. The highest BCUT2D eigenvalue weighted by Crippen LogP contribution is 2.45. The number of carbonyl (C=O) groups is 2. The van der Waals surface area contributed by atoms with Crippen LogP contribution in [0.4, 0.5) is 4.79 Å². The molecule has 0 saturated heterocycles. The molecule has 2 rings (SSSR count). The molecule has 2 aliphatic carbocycles. The smallest absolute Gasteiger partial charge is 0.317 e. The highest BCUT2D eigenvalue weighted by Gasteiger charge is 2.47. The molecule has 1 unspecified atom stereocenters. The van der Waals surface area contributed by atoms with Crippen LogP contribution in [0.15, 0.2) is 0 Å². The summed E-state index contributed by atoms with van der Waals surface area (Å²) in [6.45, 7) is 7.03. The van der Waals surface area contributed by atoms with Crippen molar-refractivity contribution in [1.82, 2.24) is 15.5 Å². The van der Waals surface area contributed by atoms with Crippen LogP contribution in [-0.4, -0.2) is 64.4 Å². The number of urea groups is 1. The molecule has 0 aromatic carbocycles. The lowest BCUT2D eigenvalue weighted by atomic mass is 9.78. The van der Waals surface area contributed by atoms with Gasteiger partial charge in [0.2, 0.25) is 0 Å². The molecule has 0 aromatic heterocycles. The molecule has 2 saturated carbocycles. The number of hydrogen-bond donors (Lipinski definition) is 4. The van der Waals surface area contributed by atoms with Gasteiger partial charge < -0.3 is 20.8 Å². The van der Waals surface area contributed by atoms with E-state index in [4.69, 9.17) is 5.11 Å². The molecule has 0 spiro atoms. The lowest BCUT2D eigenvalue weighted by Crippen LogP contribution is -2.58. The summed E-state index contributed by atoms with van der Waals surface area (Å²) in [5.74, 6) is -0.821. The van der Waals surface area contributed by atoms with Gasteiger partial charge in [-0.15, -0.1) is 0 Å². The molecule has 0 heterocycles. The van der Waals surface area contributed by atoms with E-state index in [0.717, 1.165) is 25.7 Å². The van der Waals surface area contributed by atoms with Crippen molar-refractivity contribution in [3.63, 3.8) is 0 Å². The van der Waals surface area contributed by atoms with Crippen molar-refractivity contribution in [1.29, 1.82) is 0 Å². The lowest BCUT2D eigenvalue weighted by molar-refractivity contribution is -0.139. The molecule has 2 fully saturated rings. The Labute approximate surface area is 143 Å². The van der Waals surface area contributed by atoms with Gasteiger partial charge in [0.05, 0.1) is 12.1 Å². The topological polar surface area (TPSA) is 102 Å². The molecule has 0 radical (unpaired) electrons. The first-order valence-corrected chi connectivity index (χ1v) is 8.89. The van der Waals surface area contributed by atoms with Crippen LogP contribution in [0.3, 0.4) is 0 Å². The van der Waals surface area contributed by atoms with Gasteiger partial charge in [-0.25, -0.2) is 4.79 Å². The zero-order chi connectivity index (χ0) is 18.0. The van der Waals surface area contributed by atoms with Crippen LogP contribution in [0.25, 0.3) is 0 Å². The van der Waals surface area contributed by atoms with E-state index in [-0.39, 0.29) is 36.6 Å². The van der Waals surface area contributed by atoms with E-state index >= 15 is 0 Å². The Hall–Kier alpha value is -1.34. The summed E-state index contributed by atoms with van der Waals surface area (Å²) in [4.78, 5) is 24.8. The van der Waals surface area contributed by atoms with Gasteiger partial charge in [0.15, 0.2) is 0 Å². The van der Waals surface area contributed by atoms with Crippen molar-refractivity contribution in [2.24, 2.45) is 5.41 Å². The summed E-state index contributed by atoms with van der Waals surface area (Å²) in [7, 11) is 0. The van der Waals surface area contributed by atoms with E-state index in [1.165, 1.54) is 0 Å². The molecule has 138 valence electrons. The highest BCUT2D eigenvalue weighted by molar-refractivity contribution is 5.74. The minimum Gasteiger partial charge on any atom is -0.480 e. The van der Waals surface area contributed by atoms with Gasteiger partial charge in [0.1, 0.15) is 0 Å². The van der Waals surface area contributed by atoms with Gasteiger partial charge >= 0.3 is 12.0 Å². The quantitative estimate of drug-likeness (QED) is 0.557. The molecular weight excluding hydrogens is 310 g/mol. The van der Waals surface area contributed by atoms with E-state index in [1.807, 2.05) is 25.7 Å². The first kappa shape index (κ1) is 19.0. The average Bonchev–Trinajstić information content (AvgIpc) is 2.72. The fraction of sp³-hybridized carbons (Fsp3) is 0.882.